The Hall–Kier alpha value is -1.32. The molecule has 0 aliphatic carbocycles. The number of halogens is 1. The summed E-state index contributed by atoms with van der Waals surface area (Å²) < 4.78 is 6.28. The lowest BCUT2D eigenvalue weighted by Gasteiger charge is -2.30. The van der Waals surface area contributed by atoms with Crippen LogP contribution in [0.4, 0.5) is 0 Å². The molecule has 9 heteroatoms. The van der Waals surface area contributed by atoms with E-state index >= 15 is 0 Å². The van der Waals surface area contributed by atoms with E-state index in [1.54, 1.807) is 11.3 Å². The quantitative estimate of drug-likeness (QED) is 0.749. The second-order valence-electron chi connectivity index (χ2n) is 5.70. The molecule has 126 valence electrons. The number of nitrogens with one attached hydrogen (secondary N) is 1. The van der Waals surface area contributed by atoms with Gasteiger partial charge in [-0.1, -0.05) is 16.8 Å². The number of hydrogen-bond donors (Lipinski definition) is 1. The van der Waals surface area contributed by atoms with Gasteiger partial charge in [-0.15, -0.1) is 22.7 Å². The maximum absolute atomic E-state index is 6.02. The number of hydrogen-bond acceptors (Lipinski definition) is 8. The fourth-order valence-corrected chi connectivity index (χ4v) is 4.77. The zero-order chi connectivity index (χ0) is 16.7. The molecule has 1 saturated heterocycles. The molecular weight excluding hydrogens is 366 g/mol. The Balaban J connectivity index is 1.64. The Morgan fingerprint density at radius 1 is 1.33 bits per heavy atom. The molecule has 24 heavy (non-hydrogen) atoms. The van der Waals surface area contributed by atoms with Gasteiger partial charge < -0.3 is 9.84 Å². The number of thiazole rings is 1. The van der Waals surface area contributed by atoms with Gasteiger partial charge in [0, 0.05) is 19.6 Å². The molecule has 4 heterocycles. The van der Waals surface area contributed by atoms with Gasteiger partial charge in [-0.2, -0.15) is 4.98 Å². The smallest absolute Gasteiger partial charge is 0.269 e. The van der Waals surface area contributed by atoms with Crippen molar-refractivity contribution in [3.05, 3.63) is 28.0 Å². The fourth-order valence-electron chi connectivity index (χ4n) is 2.69. The van der Waals surface area contributed by atoms with E-state index in [0.717, 1.165) is 44.4 Å². The van der Waals surface area contributed by atoms with Crippen LogP contribution in [0, 0.1) is 6.92 Å². The third-order valence-electron chi connectivity index (χ3n) is 4.03. The van der Waals surface area contributed by atoms with Gasteiger partial charge in [0.15, 0.2) is 5.82 Å². The van der Waals surface area contributed by atoms with E-state index in [4.69, 9.17) is 16.1 Å². The first kappa shape index (κ1) is 16.2. The molecule has 1 unspecified atom stereocenters. The van der Waals surface area contributed by atoms with Gasteiger partial charge in [0.1, 0.15) is 9.88 Å². The van der Waals surface area contributed by atoms with Crippen molar-refractivity contribution in [3.63, 3.8) is 0 Å². The molecule has 1 N–H and O–H groups in total. The maximum atomic E-state index is 6.02. The Morgan fingerprint density at radius 3 is 2.96 bits per heavy atom. The van der Waals surface area contributed by atoms with Crippen LogP contribution in [0.1, 0.15) is 17.6 Å². The van der Waals surface area contributed by atoms with Gasteiger partial charge >= 0.3 is 0 Å². The summed E-state index contributed by atoms with van der Waals surface area (Å²) in [6.07, 6.45) is 0. The predicted octanol–water partition coefficient (Wildman–Crippen LogP) is 3.46. The topological polar surface area (TPSA) is 67.1 Å². The minimum Gasteiger partial charge on any atom is -0.333 e. The van der Waals surface area contributed by atoms with E-state index in [0.29, 0.717) is 11.7 Å². The van der Waals surface area contributed by atoms with Crippen LogP contribution in [-0.4, -0.2) is 46.7 Å². The lowest BCUT2D eigenvalue weighted by molar-refractivity contribution is 0.190. The minimum absolute atomic E-state index is 0.139. The number of aryl methyl sites for hydroxylation is 1. The van der Waals surface area contributed by atoms with Crippen molar-refractivity contribution in [2.45, 2.75) is 13.0 Å². The number of rotatable bonds is 3. The van der Waals surface area contributed by atoms with Crippen molar-refractivity contribution < 1.29 is 4.52 Å². The van der Waals surface area contributed by atoms with Crippen LogP contribution in [0.5, 0.6) is 0 Å². The molecule has 1 aliphatic heterocycles. The maximum Gasteiger partial charge on any atom is 0.269 e. The van der Waals surface area contributed by atoms with Gasteiger partial charge in [-0.05, 0) is 26.1 Å². The van der Waals surface area contributed by atoms with E-state index in [2.05, 4.69) is 32.4 Å². The van der Waals surface area contributed by atoms with E-state index in [1.165, 1.54) is 11.3 Å². The largest absolute Gasteiger partial charge is 0.333 e. The zero-order valence-electron chi connectivity index (χ0n) is 13.2. The average molecular weight is 382 g/mol. The Kier molecular flexibility index (Phi) is 4.40. The summed E-state index contributed by atoms with van der Waals surface area (Å²) in [7, 11) is 2.08. The highest BCUT2D eigenvalue weighted by atomic mass is 35.5. The summed E-state index contributed by atoms with van der Waals surface area (Å²) >= 11 is 9.09. The van der Waals surface area contributed by atoms with E-state index in [9.17, 15) is 0 Å². The third-order valence-corrected chi connectivity index (χ3v) is 6.57. The molecule has 1 atom stereocenters. The number of piperazine rings is 1. The lowest BCUT2D eigenvalue weighted by atomic mass is 10.2. The van der Waals surface area contributed by atoms with Crippen LogP contribution in [0.25, 0.3) is 20.7 Å². The SMILES string of the molecule is Cc1nc(-c2ccc(Cl)s2)sc1-c1nc(C2CNCCN2C)no1. The summed E-state index contributed by atoms with van der Waals surface area (Å²) in [6, 6.07) is 4.01. The number of likely N-dealkylation sites (N-methyl/N-ethyl adjacent to an activating group) is 1. The van der Waals surface area contributed by atoms with Crippen molar-refractivity contribution >= 4 is 34.3 Å². The van der Waals surface area contributed by atoms with Gasteiger partial charge in [0.2, 0.25) is 0 Å². The average Bonchev–Trinajstić information content (AvgIpc) is 3.27. The molecule has 0 saturated carbocycles. The van der Waals surface area contributed by atoms with E-state index < -0.39 is 0 Å². The first-order chi connectivity index (χ1) is 11.6. The summed E-state index contributed by atoms with van der Waals surface area (Å²) in [5.74, 6) is 1.25. The minimum atomic E-state index is 0.139. The van der Waals surface area contributed by atoms with Crippen LogP contribution in [0.2, 0.25) is 4.34 Å². The molecule has 3 aromatic heterocycles. The molecule has 0 bridgehead atoms. The van der Waals surface area contributed by atoms with Crippen LogP contribution >= 0.6 is 34.3 Å². The summed E-state index contributed by atoms with van der Waals surface area (Å²) in [6.45, 7) is 4.74. The number of aromatic nitrogens is 3. The molecule has 0 amide bonds. The van der Waals surface area contributed by atoms with E-state index in [-0.39, 0.29) is 6.04 Å². The highest BCUT2D eigenvalue weighted by Crippen LogP contribution is 2.38. The van der Waals surface area contributed by atoms with Crippen molar-refractivity contribution in [1.82, 2.24) is 25.3 Å². The number of thiophene rings is 1. The molecule has 0 radical (unpaired) electrons. The Bertz CT molecular complexity index is 858. The Labute approximate surface area is 152 Å². The first-order valence-corrected chi connectivity index (χ1v) is 9.61. The van der Waals surface area contributed by atoms with E-state index in [1.807, 2.05) is 19.1 Å². The van der Waals surface area contributed by atoms with Crippen LogP contribution in [-0.2, 0) is 0 Å². The summed E-state index contributed by atoms with van der Waals surface area (Å²) in [5, 5.41) is 8.48. The van der Waals surface area contributed by atoms with Crippen molar-refractivity contribution in [2.24, 2.45) is 0 Å². The molecule has 0 aromatic carbocycles. The van der Waals surface area contributed by atoms with Crippen molar-refractivity contribution in [3.8, 4) is 20.7 Å². The lowest BCUT2D eigenvalue weighted by Crippen LogP contribution is -2.44. The second kappa shape index (κ2) is 6.53. The molecule has 1 aliphatic rings. The molecule has 4 rings (SSSR count). The standard InChI is InChI=1S/C15H16ClN5OS2/c1-8-12(24-15(18-8)10-3-4-11(16)23-10)14-19-13(20-22-14)9-7-17-5-6-21(9)2/h3-4,9,17H,5-7H2,1-2H3. The molecule has 1 fully saturated rings. The van der Waals surface area contributed by atoms with Crippen molar-refractivity contribution in [1.29, 1.82) is 0 Å². The van der Waals surface area contributed by atoms with Gasteiger partial charge in [0.05, 0.1) is 20.9 Å². The van der Waals surface area contributed by atoms with Crippen LogP contribution < -0.4 is 5.32 Å². The fraction of sp³-hybridized carbons (Fsp3) is 0.400. The highest BCUT2D eigenvalue weighted by molar-refractivity contribution is 7.25. The zero-order valence-corrected chi connectivity index (χ0v) is 15.6. The Morgan fingerprint density at radius 2 is 2.21 bits per heavy atom. The molecular formula is C15H16ClN5OS2. The van der Waals surface area contributed by atoms with Gasteiger partial charge in [-0.25, -0.2) is 4.98 Å². The van der Waals surface area contributed by atoms with Gasteiger partial charge in [0.25, 0.3) is 5.89 Å². The van der Waals surface area contributed by atoms with Crippen molar-refractivity contribution in [2.75, 3.05) is 26.7 Å². The number of nitrogens with zero attached hydrogens (tertiary/aromatic N) is 4. The highest BCUT2D eigenvalue weighted by Gasteiger charge is 2.26. The van der Waals surface area contributed by atoms with Crippen LogP contribution in [0.15, 0.2) is 16.7 Å². The predicted molar refractivity (Wildman–Crippen MR) is 96.7 cm³/mol. The van der Waals surface area contributed by atoms with Crippen LogP contribution in [0.3, 0.4) is 0 Å². The normalized spacial score (nSPS) is 19.0. The molecule has 3 aromatic rings. The first-order valence-electron chi connectivity index (χ1n) is 7.60. The summed E-state index contributed by atoms with van der Waals surface area (Å²) in [4.78, 5) is 13.5. The monoisotopic (exact) mass is 381 g/mol. The summed E-state index contributed by atoms with van der Waals surface area (Å²) in [5.41, 5.74) is 0.893. The second-order valence-corrected chi connectivity index (χ2v) is 8.41. The third kappa shape index (κ3) is 3.00. The van der Waals surface area contributed by atoms with Gasteiger partial charge in [-0.3, -0.25) is 4.90 Å². The molecule has 0 spiro atoms. The molecule has 6 nitrogen and oxygen atoms in total.